The minimum Gasteiger partial charge on any atom is -0.493 e. The van der Waals surface area contributed by atoms with Crippen molar-refractivity contribution in [3.63, 3.8) is 0 Å². The molecule has 10 nitrogen and oxygen atoms in total. The zero-order valence-electron chi connectivity index (χ0n) is 25.8. The lowest BCUT2D eigenvalue weighted by Crippen LogP contribution is -2.29. The molecule has 0 saturated heterocycles. The van der Waals surface area contributed by atoms with Crippen LogP contribution in [0.2, 0.25) is 5.02 Å². The fourth-order valence-corrected chi connectivity index (χ4v) is 7.10. The first-order chi connectivity index (χ1) is 22.9. The number of amides is 2. The molecule has 1 atom stereocenters. The second-order valence-corrected chi connectivity index (χ2v) is 12.9. The van der Waals surface area contributed by atoms with Gasteiger partial charge in [-0.3, -0.25) is 14.2 Å². The first-order valence-electron chi connectivity index (χ1n) is 14.7. The second-order valence-electron chi connectivity index (χ2n) is 10.6. The minimum absolute atomic E-state index is 0.0261. The van der Waals surface area contributed by atoms with Gasteiger partial charge in [0.05, 0.1) is 48.8 Å². The zero-order valence-corrected chi connectivity index (χ0v) is 28.2. The molecule has 3 heterocycles. The lowest BCUT2D eigenvalue weighted by Gasteiger charge is -2.24. The number of halogens is 1. The van der Waals surface area contributed by atoms with E-state index in [0.29, 0.717) is 45.2 Å². The van der Waals surface area contributed by atoms with Gasteiger partial charge in [0.25, 0.3) is 11.8 Å². The topological polar surface area (TPSA) is 111 Å². The van der Waals surface area contributed by atoms with E-state index in [0.717, 1.165) is 21.7 Å². The van der Waals surface area contributed by atoms with Crippen LogP contribution in [0.25, 0.3) is 5.69 Å². The van der Waals surface area contributed by atoms with E-state index < -0.39 is 6.04 Å². The van der Waals surface area contributed by atoms with Crippen molar-refractivity contribution >= 4 is 52.2 Å². The van der Waals surface area contributed by atoms with Crippen LogP contribution in [0.5, 0.6) is 11.5 Å². The molecule has 0 radical (unpaired) electrons. The molecule has 0 saturated carbocycles. The SMILES string of the molecule is COc1cccc([C@H]2CC(c3cccs3)=NN2C(=O)CSc2nnc(CNC(=O)c3cccc(C)c3)n2-c2cccc(Cl)c2)c1OC. The number of hydrogen-bond acceptors (Lipinski definition) is 9. The standard InChI is InChI=1S/C34H31ClN6O4S2/c1-21-8-4-9-22(16-21)33(43)36-19-30-37-38-34(40(30)24-11-5-10-23(35)17-24)47-20-31(42)41-27(18-26(39-41)29-14-7-15-46-29)25-12-6-13-28(44-2)32(25)45-3/h4-17,27H,18-20H2,1-3H3,(H,36,43)/t27-/m1/s1. The number of ether oxygens (including phenoxy) is 2. The highest BCUT2D eigenvalue weighted by atomic mass is 35.5. The van der Waals surface area contributed by atoms with Crippen LogP contribution in [-0.4, -0.2) is 57.3 Å². The number of nitrogens with zero attached hydrogens (tertiary/aromatic N) is 5. The van der Waals surface area contributed by atoms with Gasteiger partial charge in [-0.2, -0.15) is 5.10 Å². The number of benzene rings is 3. The predicted molar refractivity (Wildman–Crippen MR) is 184 cm³/mol. The Bertz CT molecular complexity index is 1940. The van der Waals surface area contributed by atoms with Crippen LogP contribution in [0.3, 0.4) is 0 Å². The summed E-state index contributed by atoms with van der Waals surface area (Å²) in [6, 6.07) is 23.8. The highest BCUT2D eigenvalue weighted by Gasteiger charge is 2.36. The quantitative estimate of drug-likeness (QED) is 0.154. The number of thiophene rings is 1. The van der Waals surface area contributed by atoms with Gasteiger partial charge >= 0.3 is 0 Å². The van der Waals surface area contributed by atoms with Crippen molar-refractivity contribution in [1.29, 1.82) is 0 Å². The number of aryl methyl sites for hydroxylation is 1. The molecule has 0 fully saturated rings. The van der Waals surface area contributed by atoms with Gasteiger partial charge in [0, 0.05) is 22.6 Å². The highest BCUT2D eigenvalue weighted by molar-refractivity contribution is 7.99. The molecule has 0 aliphatic carbocycles. The van der Waals surface area contributed by atoms with Crippen LogP contribution in [0.15, 0.2) is 94.5 Å². The molecule has 13 heteroatoms. The third-order valence-electron chi connectivity index (χ3n) is 7.54. The summed E-state index contributed by atoms with van der Waals surface area (Å²) in [7, 11) is 3.17. The molecule has 1 aliphatic rings. The molecular formula is C34H31ClN6O4S2. The summed E-state index contributed by atoms with van der Waals surface area (Å²) in [6.45, 7) is 2.04. The second kappa shape index (κ2) is 14.4. The lowest BCUT2D eigenvalue weighted by molar-refractivity contribution is -0.130. The van der Waals surface area contributed by atoms with E-state index in [1.807, 2.05) is 73.0 Å². The van der Waals surface area contributed by atoms with Crippen molar-refractivity contribution in [3.8, 4) is 17.2 Å². The summed E-state index contributed by atoms with van der Waals surface area (Å²) in [6.07, 6.45) is 0.518. The van der Waals surface area contributed by atoms with Crippen molar-refractivity contribution < 1.29 is 19.1 Å². The molecule has 240 valence electrons. The van der Waals surface area contributed by atoms with Gasteiger partial charge in [-0.15, -0.1) is 21.5 Å². The van der Waals surface area contributed by atoms with Gasteiger partial charge in [-0.1, -0.05) is 65.3 Å². The number of aromatic nitrogens is 3. The number of thioether (sulfide) groups is 1. The van der Waals surface area contributed by atoms with Gasteiger partial charge in [-0.05, 0) is 54.8 Å². The lowest BCUT2D eigenvalue weighted by atomic mass is 9.99. The predicted octanol–water partition coefficient (Wildman–Crippen LogP) is 6.71. The van der Waals surface area contributed by atoms with E-state index in [9.17, 15) is 9.59 Å². The number of carbonyl (C=O) groups excluding carboxylic acids is 2. The van der Waals surface area contributed by atoms with Gasteiger partial charge in [-0.25, -0.2) is 5.01 Å². The number of methoxy groups -OCH3 is 2. The minimum atomic E-state index is -0.400. The molecule has 5 aromatic rings. The summed E-state index contributed by atoms with van der Waals surface area (Å²) in [5.41, 5.74) is 3.86. The smallest absolute Gasteiger partial charge is 0.253 e. The molecule has 2 amide bonds. The summed E-state index contributed by atoms with van der Waals surface area (Å²) >= 11 is 9.16. The van der Waals surface area contributed by atoms with Crippen LogP contribution in [0.1, 0.15) is 44.6 Å². The summed E-state index contributed by atoms with van der Waals surface area (Å²) in [5, 5.41) is 21.0. The molecular weight excluding hydrogens is 656 g/mol. The van der Waals surface area contributed by atoms with E-state index in [-0.39, 0.29) is 24.1 Å². The summed E-state index contributed by atoms with van der Waals surface area (Å²) < 4.78 is 13.1. The number of rotatable bonds is 11. The van der Waals surface area contributed by atoms with Crippen molar-refractivity contribution in [1.82, 2.24) is 25.1 Å². The highest BCUT2D eigenvalue weighted by Crippen LogP contribution is 2.42. The van der Waals surface area contributed by atoms with Crippen molar-refractivity contribution in [2.75, 3.05) is 20.0 Å². The molecule has 2 aromatic heterocycles. The Kier molecular flexibility index (Phi) is 9.90. The molecule has 1 aliphatic heterocycles. The van der Waals surface area contributed by atoms with Gasteiger partial charge in [0.2, 0.25) is 0 Å². The zero-order chi connectivity index (χ0) is 32.9. The Labute approximate surface area is 285 Å². The van der Waals surface area contributed by atoms with E-state index in [1.165, 1.54) is 16.8 Å². The van der Waals surface area contributed by atoms with Crippen LogP contribution in [-0.2, 0) is 11.3 Å². The van der Waals surface area contributed by atoms with Crippen molar-refractivity contribution in [2.24, 2.45) is 5.10 Å². The molecule has 0 unspecified atom stereocenters. The summed E-state index contributed by atoms with van der Waals surface area (Å²) in [5.74, 6) is 1.20. The van der Waals surface area contributed by atoms with Gasteiger partial charge < -0.3 is 14.8 Å². The molecule has 0 spiro atoms. The van der Waals surface area contributed by atoms with Gasteiger partial charge in [0.15, 0.2) is 22.5 Å². The maximum absolute atomic E-state index is 14.0. The molecule has 1 N–H and O–H groups in total. The third kappa shape index (κ3) is 7.04. The third-order valence-corrected chi connectivity index (χ3v) is 9.61. The monoisotopic (exact) mass is 686 g/mol. The van der Waals surface area contributed by atoms with Crippen LogP contribution < -0.4 is 14.8 Å². The number of hydrazone groups is 1. The average Bonchev–Trinajstić information content (AvgIpc) is 3.86. The average molecular weight is 687 g/mol. The van der Waals surface area contributed by atoms with E-state index in [4.69, 9.17) is 26.2 Å². The van der Waals surface area contributed by atoms with Gasteiger partial charge in [0.1, 0.15) is 0 Å². The van der Waals surface area contributed by atoms with E-state index >= 15 is 0 Å². The Hall–Kier alpha value is -4.65. The number of carbonyl (C=O) groups is 2. The summed E-state index contributed by atoms with van der Waals surface area (Å²) in [4.78, 5) is 27.9. The molecule has 47 heavy (non-hydrogen) atoms. The Morgan fingerprint density at radius 1 is 1.02 bits per heavy atom. The fraction of sp³-hybridized carbons (Fsp3) is 0.206. The number of para-hydroxylation sites is 1. The first-order valence-corrected chi connectivity index (χ1v) is 16.9. The van der Waals surface area contributed by atoms with E-state index in [1.54, 1.807) is 48.3 Å². The fourth-order valence-electron chi connectivity index (χ4n) is 5.37. The largest absolute Gasteiger partial charge is 0.493 e. The molecule has 0 bridgehead atoms. The van der Waals surface area contributed by atoms with Crippen molar-refractivity contribution in [2.45, 2.75) is 31.1 Å². The Balaban J connectivity index is 1.27. The maximum Gasteiger partial charge on any atom is 0.253 e. The number of nitrogens with one attached hydrogen (secondary N) is 1. The maximum atomic E-state index is 14.0. The normalized spacial score (nSPS) is 14.2. The first kappa shape index (κ1) is 32.3. The van der Waals surface area contributed by atoms with E-state index in [2.05, 4.69) is 15.5 Å². The Morgan fingerprint density at radius 3 is 2.60 bits per heavy atom. The van der Waals surface area contributed by atoms with Crippen molar-refractivity contribution in [3.05, 3.63) is 117 Å². The van der Waals surface area contributed by atoms with Crippen LogP contribution in [0.4, 0.5) is 0 Å². The van der Waals surface area contributed by atoms with Crippen LogP contribution in [0, 0.1) is 6.92 Å². The Morgan fingerprint density at radius 2 is 1.85 bits per heavy atom. The molecule has 3 aromatic carbocycles. The molecule has 6 rings (SSSR count). The number of hydrogen-bond donors (Lipinski definition) is 1. The van der Waals surface area contributed by atoms with Crippen LogP contribution >= 0.6 is 34.7 Å².